The lowest BCUT2D eigenvalue weighted by atomic mass is 9.72. The number of carbonyl (C=O) groups excluding carboxylic acids is 6. The fourth-order valence-corrected chi connectivity index (χ4v) is 9.72. The molecule has 8 N–H and O–H groups in total. The van der Waals surface area contributed by atoms with Crippen LogP contribution in [0.4, 0.5) is 0 Å². The van der Waals surface area contributed by atoms with Gasteiger partial charge in [0.25, 0.3) is 0 Å². The van der Waals surface area contributed by atoms with E-state index in [2.05, 4.69) is 10.6 Å². The molecule has 0 aromatic heterocycles. The van der Waals surface area contributed by atoms with Crippen LogP contribution in [0.5, 0.6) is 0 Å². The first kappa shape index (κ1) is 73.7. The molecule has 0 bridgehead atoms. The van der Waals surface area contributed by atoms with Gasteiger partial charge < -0.3 is 74.0 Å². The maximum absolute atomic E-state index is 14.5. The highest BCUT2D eigenvalue weighted by Crippen LogP contribution is 2.43. The number of methoxy groups -OCH3 is 1. The predicted molar refractivity (Wildman–Crippen MR) is 290 cm³/mol. The van der Waals surface area contributed by atoms with E-state index in [1.54, 1.807) is 76.2 Å². The Morgan fingerprint density at radius 1 is 0.722 bits per heavy atom. The van der Waals surface area contributed by atoms with Crippen LogP contribution in [0.3, 0.4) is 0 Å². The van der Waals surface area contributed by atoms with Gasteiger partial charge in [-0.2, -0.15) is 0 Å². The molecule has 1 rings (SSSR count). The molecule has 1 heterocycles. The third-order valence-electron chi connectivity index (χ3n) is 13.9. The Labute approximate surface area is 469 Å². The Kier molecular flexibility index (Phi) is 30.8. The molecule has 0 radical (unpaired) electrons. The number of phosphoric ester groups is 1. The van der Waals surface area contributed by atoms with Crippen LogP contribution in [-0.2, 0) is 71.0 Å². The van der Waals surface area contributed by atoms with Gasteiger partial charge >= 0.3 is 31.7 Å². The average Bonchev–Trinajstić information content (AvgIpc) is 3.31. The summed E-state index contributed by atoms with van der Waals surface area (Å²) in [6, 6.07) is -2.93. The summed E-state index contributed by atoms with van der Waals surface area (Å²) in [6.07, 6.45) is -16.8. The van der Waals surface area contributed by atoms with Gasteiger partial charge in [-0.25, -0.2) is 4.57 Å². The number of rotatable bonds is 34. The smallest absolute Gasteiger partial charge is 0.461 e. The lowest BCUT2D eigenvalue weighted by Crippen LogP contribution is -2.66. The maximum Gasteiger partial charge on any atom is 0.470 e. The molecule has 462 valence electrons. The summed E-state index contributed by atoms with van der Waals surface area (Å²) in [5.41, 5.74) is -1.98. The number of carbonyl (C=O) groups is 6. The monoisotopic (exact) mass is 1160 g/mol. The summed E-state index contributed by atoms with van der Waals surface area (Å²) in [5.74, 6) is -6.02. The van der Waals surface area contributed by atoms with Crippen LogP contribution in [-0.4, -0.2) is 166 Å². The number of nitrogens with one attached hydrogen (secondary N) is 2. The molecule has 0 spiro atoms. The van der Waals surface area contributed by atoms with E-state index < -0.39 is 178 Å². The molecule has 23 nitrogen and oxygen atoms in total. The minimum Gasteiger partial charge on any atom is -0.461 e. The van der Waals surface area contributed by atoms with Crippen molar-refractivity contribution in [2.24, 2.45) is 39.9 Å². The van der Waals surface area contributed by atoms with Crippen molar-refractivity contribution in [1.82, 2.24) is 10.6 Å². The summed E-state index contributed by atoms with van der Waals surface area (Å²) < 4.78 is 59.3. The highest BCUT2D eigenvalue weighted by Gasteiger charge is 2.53. The van der Waals surface area contributed by atoms with Crippen molar-refractivity contribution in [3.8, 4) is 0 Å². The highest BCUT2D eigenvalue weighted by atomic mass is 31.2. The number of hydrogen-bond acceptors (Lipinski definition) is 19. The first-order chi connectivity index (χ1) is 36.2. The largest absolute Gasteiger partial charge is 0.470 e. The lowest BCUT2D eigenvalue weighted by Gasteiger charge is -2.45. The molecule has 1 aliphatic rings. The molecule has 79 heavy (non-hydrogen) atoms. The Morgan fingerprint density at radius 2 is 1.33 bits per heavy atom. The molecule has 10 unspecified atom stereocenters. The molecule has 1 aliphatic heterocycles. The normalized spacial score (nSPS) is 22.3. The molecule has 24 heteroatoms. The van der Waals surface area contributed by atoms with Gasteiger partial charge in [0.2, 0.25) is 11.8 Å². The first-order valence-corrected chi connectivity index (χ1v) is 29.3. The van der Waals surface area contributed by atoms with E-state index in [-0.39, 0.29) is 36.5 Å². The predicted octanol–water partition coefficient (Wildman–Crippen LogP) is 5.19. The van der Waals surface area contributed by atoms with Crippen molar-refractivity contribution >= 4 is 43.5 Å². The SMILES string of the molecule is CCC(C)CC(C)[C@H](CC(=O)NC1C(OCC(OC)C(O)C(OC(=O)C[C@H](O)C(C)(C)CC(C)(C)C)[C@@H](CC)NC(=O)C[C@H](O)CC)OC(CO)C(OP(=O)(O)O)C1OC(=O)C[C@H](OC(=O)C(C)(C)C)C(C)C)OC(=O)C(C)C. The second-order valence-electron chi connectivity index (χ2n) is 24.9. The van der Waals surface area contributed by atoms with E-state index in [1.165, 1.54) is 7.11 Å². The number of amides is 2. The Morgan fingerprint density at radius 3 is 1.81 bits per heavy atom. The number of phosphoric acid groups is 1. The van der Waals surface area contributed by atoms with Crippen molar-refractivity contribution in [1.29, 1.82) is 0 Å². The van der Waals surface area contributed by atoms with Crippen molar-refractivity contribution in [3.63, 3.8) is 0 Å². The fraction of sp³-hybridized carbons (Fsp3) is 0.891. The summed E-state index contributed by atoms with van der Waals surface area (Å²) in [5, 5.41) is 50.0. The van der Waals surface area contributed by atoms with Crippen LogP contribution in [0, 0.1) is 39.9 Å². The van der Waals surface area contributed by atoms with Gasteiger partial charge in [-0.3, -0.25) is 33.3 Å². The second kappa shape index (κ2) is 33.1. The van der Waals surface area contributed by atoms with E-state index >= 15 is 0 Å². The van der Waals surface area contributed by atoms with Crippen molar-refractivity contribution in [2.75, 3.05) is 20.3 Å². The van der Waals surface area contributed by atoms with Gasteiger partial charge in [-0.15, -0.1) is 0 Å². The lowest BCUT2D eigenvalue weighted by molar-refractivity contribution is -0.279. The van der Waals surface area contributed by atoms with Gasteiger partial charge in [0.15, 0.2) is 18.5 Å². The van der Waals surface area contributed by atoms with Crippen LogP contribution in [0.15, 0.2) is 0 Å². The topological polar surface area (TPSA) is 339 Å². The van der Waals surface area contributed by atoms with Crippen LogP contribution in [0.25, 0.3) is 0 Å². The van der Waals surface area contributed by atoms with Crippen LogP contribution < -0.4 is 10.6 Å². The van der Waals surface area contributed by atoms with Gasteiger partial charge in [0.1, 0.15) is 42.7 Å². The van der Waals surface area contributed by atoms with Gasteiger partial charge in [0.05, 0.1) is 68.5 Å². The molecule has 2 amide bonds. The minimum atomic E-state index is -5.55. The molecule has 0 aromatic carbocycles. The molecule has 0 aliphatic carbocycles. The van der Waals surface area contributed by atoms with Crippen molar-refractivity contribution in [3.05, 3.63) is 0 Å². The summed E-state index contributed by atoms with van der Waals surface area (Å²) >= 11 is 0. The number of ether oxygens (including phenoxy) is 7. The molecule has 15 atom stereocenters. The molecule has 1 fully saturated rings. The van der Waals surface area contributed by atoms with Gasteiger partial charge in [-0.05, 0) is 75.0 Å². The minimum absolute atomic E-state index is 0.0564. The summed E-state index contributed by atoms with van der Waals surface area (Å²) in [6.45, 7) is 28.3. The standard InChI is InChI=1S/C55H101N2O21P/c1-19-32(8)22-33(9)37(73-50(66)31(6)7)24-42(62)57-45-49(77-43(63)25-36(30(4)5)75-52(67)54(13,14)15)48(78-79(68,69)70)38(27-58)74-51(45)72-28-39(71-18)46(65)47(35(21-3)56-41(61)23-34(59)20-2)76-44(64)26-40(60)55(16,17)29-53(10,11)12/h30-40,45-49,51,58-60,65H,19-29H2,1-18H3,(H,56,61)(H,57,62)(H2,68,69,70)/t32?,33?,34-,35-,36+,37+,38?,39?,40+,45?,46?,47?,48?,49?,51?/m1/s1. The molecular weight excluding hydrogens is 1060 g/mol. The Hall–Kier alpha value is -3.35. The number of aliphatic hydroxyl groups excluding tert-OH is 4. The molecule has 0 saturated carbocycles. The van der Waals surface area contributed by atoms with Crippen molar-refractivity contribution in [2.45, 2.75) is 255 Å². The first-order valence-electron chi connectivity index (χ1n) is 27.8. The Bertz CT molecular complexity index is 1950. The number of hydrogen-bond donors (Lipinski definition) is 8. The fourth-order valence-electron chi connectivity index (χ4n) is 9.15. The van der Waals surface area contributed by atoms with E-state index in [0.717, 1.165) is 6.42 Å². The zero-order valence-corrected chi connectivity index (χ0v) is 51.2. The molecule has 1 saturated heterocycles. The van der Waals surface area contributed by atoms with Crippen molar-refractivity contribution < 1.29 is 101 Å². The van der Waals surface area contributed by atoms with E-state index in [9.17, 15) is 63.5 Å². The summed E-state index contributed by atoms with van der Waals surface area (Å²) in [7, 11) is -4.38. The zero-order chi connectivity index (χ0) is 61.1. The maximum atomic E-state index is 14.5. The quantitative estimate of drug-likeness (QED) is 0.0234. The van der Waals surface area contributed by atoms with Crippen LogP contribution >= 0.6 is 7.82 Å². The number of esters is 4. The second-order valence-corrected chi connectivity index (χ2v) is 26.1. The average molecular weight is 1160 g/mol. The van der Waals surface area contributed by atoms with E-state index in [1.807, 2.05) is 41.5 Å². The zero-order valence-electron chi connectivity index (χ0n) is 50.3. The Balaban J connectivity index is 4.09. The highest BCUT2D eigenvalue weighted by molar-refractivity contribution is 7.46. The third-order valence-corrected chi connectivity index (χ3v) is 14.4. The van der Waals surface area contributed by atoms with E-state index in [0.29, 0.717) is 12.8 Å². The van der Waals surface area contributed by atoms with Gasteiger partial charge in [-0.1, -0.05) is 103 Å². The molecular formula is C55H101N2O21P. The third kappa shape index (κ3) is 26.2. The molecule has 0 aromatic rings. The van der Waals surface area contributed by atoms with Crippen LogP contribution in [0.1, 0.15) is 175 Å². The number of aliphatic hydroxyl groups is 4. The summed E-state index contributed by atoms with van der Waals surface area (Å²) in [4.78, 5) is 102. The van der Waals surface area contributed by atoms with Crippen LogP contribution in [0.2, 0.25) is 0 Å². The van der Waals surface area contributed by atoms with Gasteiger partial charge in [0, 0.05) is 7.11 Å². The van der Waals surface area contributed by atoms with E-state index in [4.69, 9.17) is 37.7 Å².